The zero-order valence-electron chi connectivity index (χ0n) is 9.96. The molecule has 1 saturated heterocycles. The van der Waals surface area contributed by atoms with E-state index in [1.54, 1.807) is 0 Å². The highest BCUT2D eigenvalue weighted by molar-refractivity contribution is 5.67. The van der Waals surface area contributed by atoms with Gasteiger partial charge in [-0.15, -0.1) is 0 Å². The van der Waals surface area contributed by atoms with Crippen LogP contribution in [0.15, 0.2) is 30.3 Å². The first kappa shape index (κ1) is 12.8. The Morgan fingerprint density at radius 2 is 2.17 bits per heavy atom. The van der Waals surface area contributed by atoms with Crippen molar-refractivity contribution in [2.24, 2.45) is 0 Å². The molecule has 1 heterocycles. The van der Waals surface area contributed by atoms with Crippen LogP contribution in [0.5, 0.6) is 0 Å². The van der Waals surface area contributed by atoms with E-state index in [2.05, 4.69) is 0 Å². The van der Waals surface area contributed by atoms with E-state index >= 15 is 0 Å². The number of ether oxygens (including phenoxy) is 1. The third-order valence-corrected chi connectivity index (χ3v) is 2.97. The number of halogens is 1. The van der Waals surface area contributed by atoms with Gasteiger partial charge in [-0.2, -0.15) is 0 Å². The molecular weight excluding hydrogens is 237 g/mol. The van der Waals surface area contributed by atoms with E-state index in [1.807, 2.05) is 30.3 Å². The van der Waals surface area contributed by atoms with Crippen molar-refractivity contribution in [3.05, 3.63) is 35.9 Å². The summed E-state index contributed by atoms with van der Waals surface area (Å²) in [5.74, 6) is 0. The predicted molar refractivity (Wildman–Crippen MR) is 63.7 cm³/mol. The van der Waals surface area contributed by atoms with Crippen molar-refractivity contribution in [2.45, 2.75) is 25.3 Å². The third kappa shape index (κ3) is 3.20. The Morgan fingerprint density at radius 1 is 1.44 bits per heavy atom. The van der Waals surface area contributed by atoms with E-state index in [1.165, 1.54) is 4.90 Å². The number of likely N-dealkylation sites (tertiary alicyclic amines) is 1. The molecule has 98 valence electrons. The van der Waals surface area contributed by atoms with E-state index < -0.39 is 18.4 Å². The number of benzene rings is 1. The Morgan fingerprint density at radius 3 is 2.83 bits per heavy atom. The van der Waals surface area contributed by atoms with Crippen LogP contribution in [0, 0.1) is 0 Å². The van der Waals surface area contributed by atoms with E-state index in [0.29, 0.717) is 6.54 Å². The van der Waals surface area contributed by atoms with Crippen LogP contribution in [-0.4, -0.2) is 41.5 Å². The minimum absolute atomic E-state index is 0.102. The lowest BCUT2D eigenvalue weighted by Gasteiger charge is -2.31. The summed E-state index contributed by atoms with van der Waals surface area (Å²) in [5, 5.41) is 9.23. The van der Waals surface area contributed by atoms with Gasteiger partial charge in [-0.05, 0) is 12.0 Å². The molecular formula is C13H16FNO3. The van der Waals surface area contributed by atoms with E-state index in [9.17, 15) is 14.3 Å². The van der Waals surface area contributed by atoms with Gasteiger partial charge >= 0.3 is 6.09 Å². The van der Waals surface area contributed by atoms with Gasteiger partial charge in [0.05, 0.1) is 12.6 Å². The first-order chi connectivity index (χ1) is 8.66. The Bertz CT molecular complexity index is 398. The first-order valence-electron chi connectivity index (χ1n) is 5.94. The number of piperidine rings is 1. The van der Waals surface area contributed by atoms with Gasteiger partial charge in [0.1, 0.15) is 12.8 Å². The van der Waals surface area contributed by atoms with Crippen molar-refractivity contribution < 1.29 is 19.0 Å². The quantitative estimate of drug-likeness (QED) is 0.873. The minimum Gasteiger partial charge on any atom is -0.445 e. The summed E-state index contributed by atoms with van der Waals surface area (Å²) in [4.78, 5) is 13.0. The maximum absolute atomic E-state index is 13.3. The molecule has 0 aromatic heterocycles. The number of carbonyl (C=O) groups excluding carboxylic acids is 1. The van der Waals surface area contributed by atoms with Crippen LogP contribution in [0.25, 0.3) is 0 Å². The molecule has 1 aliphatic heterocycles. The van der Waals surface area contributed by atoms with Crippen LogP contribution in [-0.2, 0) is 11.3 Å². The largest absolute Gasteiger partial charge is 0.445 e. The number of hydrogen-bond donors (Lipinski definition) is 1. The molecule has 4 nitrogen and oxygen atoms in total. The second kappa shape index (κ2) is 5.82. The highest BCUT2D eigenvalue weighted by Crippen LogP contribution is 2.15. The molecule has 0 bridgehead atoms. The summed E-state index contributed by atoms with van der Waals surface area (Å²) in [6, 6.07) is 9.30. The van der Waals surface area contributed by atoms with Crippen molar-refractivity contribution in [3.63, 3.8) is 0 Å². The molecule has 0 aliphatic carbocycles. The molecule has 1 N–H and O–H groups in total. The fourth-order valence-electron chi connectivity index (χ4n) is 1.87. The fourth-order valence-corrected chi connectivity index (χ4v) is 1.87. The molecule has 1 amide bonds. The number of alkyl halides is 1. The van der Waals surface area contributed by atoms with Crippen LogP contribution < -0.4 is 0 Å². The lowest BCUT2D eigenvalue weighted by Crippen LogP contribution is -2.47. The molecule has 2 atom stereocenters. The average molecular weight is 253 g/mol. The topological polar surface area (TPSA) is 49.8 Å². The smallest absolute Gasteiger partial charge is 0.410 e. The normalized spacial score (nSPS) is 23.8. The number of hydrogen-bond acceptors (Lipinski definition) is 3. The van der Waals surface area contributed by atoms with Crippen molar-refractivity contribution in [3.8, 4) is 0 Å². The molecule has 0 radical (unpaired) electrons. The van der Waals surface area contributed by atoms with Crippen molar-refractivity contribution in [2.75, 3.05) is 13.1 Å². The van der Waals surface area contributed by atoms with E-state index in [0.717, 1.165) is 5.56 Å². The fraction of sp³-hybridized carbons (Fsp3) is 0.462. The van der Waals surface area contributed by atoms with Crippen LogP contribution >= 0.6 is 0 Å². The Hall–Kier alpha value is -1.62. The summed E-state index contributed by atoms with van der Waals surface area (Å²) >= 11 is 0. The number of rotatable bonds is 2. The second-order valence-electron chi connectivity index (χ2n) is 4.36. The molecule has 0 saturated carbocycles. The number of aliphatic hydroxyl groups excluding tert-OH is 1. The van der Waals surface area contributed by atoms with E-state index in [4.69, 9.17) is 4.74 Å². The second-order valence-corrected chi connectivity index (χ2v) is 4.36. The van der Waals surface area contributed by atoms with Gasteiger partial charge in [0.2, 0.25) is 0 Å². The van der Waals surface area contributed by atoms with Gasteiger partial charge in [0.25, 0.3) is 0 Å². The van der Waals surface area contributed by atoms with Crippen LogP contribution in [0.4, 0.5) is 9.18 Å². The van der Waals surface area contributed by atoms with Gasteiger partial charge in [0.15, 0.2) is 0 Å². The number of nitrogens with zero attached hydrogens (tertiary/aromatic N) is 1. The first-order valence-corrected chi connectivity index (χ1v) is 5.94. The highest BCUT2D eigenvalue weighted by Gasteiger charge is 2.30. The van der Waals surface area contributed by atoms with Gasteiger partial charge < -0.3 is 14.7 Å². The summed E-state index contributed by atoms with van der Waals surface area (Å²) in [5.41, 5.74) is 0.889. The molecule has 5 heteroatoms. The molecule has 18 heavy (non-hydrogen) atoms. The summed E-state index contributed by atoms with van der Waals surface area (Å²) in [6.45, 7) is 0.402. The molecule has 1 aromatic carbocycles. The maximum atomic E-state index is 13.3. The summed E-state index contributed by atoms with van der Waals surface area (Å²) < 4.78 is 18.3. The Labute approximate surface area is 105 Å². The van der Waals surface area contributed by atoms with Crippen LogP contribution in [0.2, 0.25) is 0 Å². The molecule has 1 fully saturated rings. The van der Waals surface area contributed by atoms with Crippen molar-refractivity contribution >= 4 is 6.09 Å². The average Bonchev–Trinajstić information content (AvgIpc) is 2.40. The molecule has 1 aliphatic rings. The highest BCUT2D eigenvalue weighted by atomic mass is 19.1. The summed E-state index contributed by atoms with van der Waals surface area (Å²) in [7, 11) is 0. The Kier molecular flexibility index (Phi) is 4.15. The molecule has 0 unspecified atom stereocenters. The van der Waals surface area contributed by atoms with Crippen LogP contribution in [0.3, 0.4) is 0 Å². The number of amides is 1. The van der Waals surface area contributed by atoms with Crippen molar-refractivity contribution in [1.29, 1.82) is 0 Å². The monoisotopic (exact) mass is 253 g/mol. The molecule has 1 aromatic rings. The lowest BCUT2D eigenvalue weighted by atomic mass is 10.1. The minimum atomic E-state index is -1.39. The van der Waals surface area contributed by atoms with Crippen LogP contribution in [0.1, 0.15) is 12.0 Å². The maximum Gasteiger partial charge on any atom is 0.410 e. The SMILES string of the molecule is O=C(OCc1ccccc1)N1CC[C@@H](O)[C@@H](F)C1. The number of carbonyl (C=O) groups is 1. The standard InChI is InChI=1S/C13H16FNO3/c14-11-8-15(7-6-12(11)16)13(17)18-9-10-4-2-1-3-5-10/h1-5,11-12,16H,6-9H2/t11-,12+/m0/s1. The predicted octanol–water partition coefficient (Wildman–Crippen LogP) is 1.73. The van der Waals surface area contributed by atoms with Gasteiger partial charge in [-0.1, -0.05) is 30.3 Å². The van der Waals surface area contributed by atoms with Gasteiger partial charge in [-0.25, -0.2) is 9.18 Å². The third-order valence-electron chi connectivity index (χ3n) is 2.97. The number of aliphatic hydroxyl groups is 1. The summed E-state index contributed by atoms with van der Waals surface area (Å²) in [6.07, 6.45) is -2.64. The molecule has 2 rings (SSSR count). The van der Waals surface area contributed by atoms with Gasteiger partial charge in [0, 0.05) is 6.54 Å². The molecule has 0 spiro atoms. The zero-order chi connectivity index (χ0) is 13.0. The van der Waals surface area contributed by atoms with Gasteiger partial charge in [-0.3, -0.25) is 0 Å². The Balaban J connectivity index is 1.82. The van der Waals surface area contributed by atoms with E-state index in [-0.39, 0.29) is 19.6 Å². The van der Waals surface area contributed by atoms with Crippen molar-refractivity contribution in [1.82, 2.24) is 4.90 Å². The lowest BCUT2D eigenvalue weighted by molar-refractivity contribution is 0.00255. The zero-order valence-corrected chi connectivity index (χ0v) is 9.96.